The van der Waals surface area contributed by atoms with Crippen molar-refractivity contribution in [2.24, 2.45) is 17.1 Å². The monoisotopic (exact) mass is 318 g/mol. The Bertz CT molecular complexity index is 684. The maximum atomic E-state index is 12.3. The predicted octanol–water partition coefficient (Wildman–Crippen LogP) is 3.42. The molecule has 1 aliphatic carbocycles. The Morgan fingerprint density at radius 3 is 2.50 bits per heavy atom. The first-order valence-electron chi connectivity index (χ1n) is 7.50. The zero-order valence-electron chi connectivity index (χ0n) is 13.0. The second-order valence-electron chi connectivity index (χ2n) is 6.65. The van der Waals surface area contributed by atoms with Gasteiger partial charge in [-0.15, -0.1) is 12.4 Å². The van der Waals surface area contributed by atoms with Crippen LogP contribution in [0.25, 0.3) is 10.8 Å². The van der Waals surface area contributed by atoms with Crippen LogP contribution in [0.4, 0.5) is 0 Å². The fourth-order valence-corrected chi connectivity index (χ4v) is 2.89. The van der Waals surface area contributed by atoms with E-state index >= 15 is 0 Å². The minimum Gasteiger partial charge on any atom is -0.348 e. The van der Waals surface area contributed by atoms with E-state index in [0.717, 1.165) is 12.0 Å². The van der Waals surface area contributed by atoms with Crippen molar-refractivity contribution in [1.29, 1.82) is 0 Å². The minimum absolute atomic E-state index is 0. The molecular weight excluding hydrogens is 296 g/mol. The van der Waals surface area contributed by atoms with Crippen LogP contribution < -0.4 is 11.1 Å². The molecule has 0 bridgehead atoms. The summed E-state index contributed by atoms with van der Waals surface area (Å²) in [5.74, 6) is 0.260. The number of carbonyl (C=O) groups is 1. The summed E-state index contributed by atoms with van der Waals surface area (Å²) in [6, 6.07) is 14.4. The number of nitrogens with one attached hydrogen (secondary N) is 1. The smallest absolute Gasteiger partial charge is 0.224 e. The summed E-state index contributed by atoms with van der Waals surface area (Å²) in [6.45, 7) is 4.67. The van der Waals surface area contributed by atoms with Gasteiger partial charge in [-0.25, -0.2) is 0 Å². The maximum absolute atomic E-state index is 12.3. The lowest BCUT2D eigenvalue weighted by Crippen LogP contribution is -2.35. The molecular formula is C18H23ClN2O. The first-order valence-corrected chi connectivity index (χ1v) is 7.50. The minimum atomic E-state index is -0.112. The van der Waals surface area contributed by atoms with E-state index in [1.807, 2.05) is 12.1 Å². The SMILES string of the molecule is CC1(C)CC1C(=O)NC(CN)c1ccc2ccccc2c1.Cl. The number of amides is 1. The Morgan fingerprint density at radius 2 is 1.91 bits per heavy atom. The first kappa shape index (κ1) is 16.8. The number of hydrogen-bond acceptors (Lipinski definition) is 2. The molecule has 0 radical (unpaired) electrons. The molecule has 1 saturated carbocycles. The average Bonchev–Trinajstić information content (AvgIpc) is 3.13. The summed E-state index contributed by atoms with van der Waals surface area (Å²) in [5, 5.41) is 5.48. The van der Waals surface area contributed by atoms with Gasteiger partial charge in [-0.05, 0) is 34.2 Å². The molecule has 1 aliphatic rings. The molecule has 0 saturated heterocycles. The van der Waals surface area contributed by atoms with Crippen molar-refractivity contribution in [2.45, 2.75) is 26.3 Å². The molecule has 0 aliphatic heterocycles. The molecule has 4 heteroatoms. The lowest BCUT2D eigenvalue weighted by atomic mass is 10.0. The Kier molecular flexibility index (Phi) is 4.78. The Hall–Kier alpha value is -1.58. The van der Waals surface area contributed by atoms with E-state index < -0.39 is 0 Å². The quantitative estimate of drug-likeness (QED) is 0.907. The summed E-state index contributed by atoms with van der Waals surface area (Å²) < 4.78 is 0. The van der Waals surface area contributed by atoms with E-state index in [1.54, 1.807) is 0 Å². The highest BCUT2D eigenvalue weighted by atomic mass is 35.5. The molecule has 2 aromatic carbocycles. The normalized spacial score (nSPS) is 20.0. The number of benzene rings is 2. The lowest BCUT2D eigenvalue weighted by molar-refractivity contribution is -0.123. The van der Waals surface area contributed by atoms with E-state index in [1.165, 1.54) is 10.8 Å². The summed E-state index contributed by atoms with van der Waals surface area (Å²) in [6.07, 6.45) is 0.966. The molecule has 0 heterocycles. The van der Waals surface area contributed by atoms with Crippen LogP contribution in [0.1, 0.15) is 31.9 Å². The predicted molar refractivity (Wildman–Crippen MR) is 93.0 cm³/mol. The molecule has 2 atom stereocenters. The topological polar surface area (TPSA) is 55.1 Å². The van der Waals surface area contributed by atoms with Gasteiger partial charge in [0.15, 0.2) is 0 Å². The van der Waals surface area contributed by atoms with Gasteiger partial charge in [0.05, 0.1) is 6.04 Å². The van der Waals surface area contributed by atoms with Crippen molar-refractivity contribution in [3.63, 3.8) is 0 Å². The summed E-state index contributed by atoms with van der Waals surface area (Å²) in [5.41, 5.74) is 7.09. The summed E-state index contributed by atoms with van der Waals surface area (Å²) >= 11 is 0. The third-order valence-corrected chi connectivity index (χ3v) is 4.56. The van der Waals surface area contributed by atoms with Crippen LogP contribution in [0.2, 0.25) is 0 Å². The van der Waals surface area contributed by atoms with Gasteiger partial charge in [0.1, 0.15) is 0 Å². The molecule has 22 heavy (non-hydrogen) atoms. The van der Waals surface area contributed by atoms with Gasteiger partial charge >= 0.3 is 0 Å². The van der Waals surface area contributed by atoms with E-state index in [2.05, 4.69) is 49.5 Å². The van der Waals surface area contributed by atoms with Crippen molar-refractivity contribution in [1.82, 2.24) is 5.32 Å². The molecule has 3 N–H and O–H groups in total. The molecule has 0 aromatic heterocycles. The largest absolute Gasteiger partial charge is 0.348 e. The molecule has 1 fully saturated rings. The molecule has 0 spiro atoms. The molecule has 3 nitrogen and oxygen atoms in total. The average molecular weight is 319 g/mol. The van der Waals surface area contributed by atoms with Gasteiger partial charge in [0, 0.05) is 12.5 Å². The van der Waals surface area contributed by atoms with Gasteiger partial charge < -0.3 is 11.1 Å². The van der Waals surface area contributed by atoms with Gasteiger partial charge in [-0.2, -0.15) is 0 Å². The van der Waals surface area contributed by atoms with Crippen LogP contribution in [0.5, 0.6) is 0 Å². The number of carbonyl (C=O) groups excluding carboxylic acids is 1. The van der Waals surface area contributed by atoms with Gasteiger partial charge in [-0.1, -0.05) is 50.2 Å². The molecule has 118 valence electrons. The second kappa shape index (κ2) is 6.27. The Morgan fingerprint density at radius 1 is 1.27 bits per heavy atom. The van der Waals surface area contributed by atoms with Crippen LogP contribution in [0.3, 0.4) is 0 Å². The number of nitrogens with two attached hydrogens (primary N) is 1. The van der Waals surface area contributed by atoms with Crippen LogP contribution >= 0.6 is 12.4 Å². The second-order valence-corrected chi connectivity index (χ2v) is 6.65. The highest BCUT2D eigenvalue weighted by Crippen LogP contribution is 2.51. The number of hydrogen-bond donors (Lipinski definition) is 2. The fourth-order valence-electron chi connectivity index (χ4n) is 2.89. The zero-order valence-corrected chi connectivity index (χ0v) is 13.8. The first-order chi connectivity index (χ1) is 10.0. The third-order valence-electron chi connectivity index (χ3n) is 4.56. The molecule has 1 amide bonds. The van der Waals surface area contributed by atoms with Crippen LogP contribution in [-0.2, 0) is 4.79 Å². The summed E-state index contributed by atoms with van der Waals surface area (Å²) in [4.78, 5) is 12.3. The van der Waals surface area contributed by atoms with Gasteiger partial charge in [-0.3, -0.25) is 4.79 Å². The van der Waals surface area contributed by atoms with Crippen LogP contribution in [0, 0.1) is 11.3 Å². The standard InChI is InChI=1S/C18H22N2O.ClH/c1-18(2)10-15(18)17(21)20-16(11-19)14-8-7-12-5-3-4-6-13(12)9-14;/h3-9,15-16H,10-11,19H2,1-2H3,(H,20,21);1H. The van der Waals surface area contributed by atoms with E-state index in [4.69, 9.17) is 5.73 Å². The zero-order chi connectivity index (χ0) is 15.0. The maximum Gasteiger partial charge on any atom is 0.224 e. The van der Waals surface area contributed by atoms with Crippen molar-refractivity contribution < 1.29 is 4.79 Å². The molecule has 3 rings (SSSR count). The number of rotatable bonds is 4. The van der Waals surface area contributed by atoms with Gasteiger partial charge in [0.2, 0.25) is 5.91 Å². The lowest BCUT2D eigenvalue weighted by Gasteiger charge is -2.18. The van der Waals surface area contributed by atoms with E-state index in [-0.39, 0.29) is 35.7 Å². The van der Waals surface area contributed by atoms with E-state index in [0.29, 0.717) is 6.54 Å². The Labute approximate surface area is 137 Å². The highest BCUT2D eigenvalue weighted by Gasteiger charge is 2.50. The van der Waals surface area contributed by atoms with Crippen molar-refractivity contribution in [3.05, 3.63) is 48.0 Å². The fraction of sp³-hybridized carbons (Fsp3) is 0.389. The van der Waals surface area contributed by atoms with Crippen molar-refractivity contribution >= 4 is 29.1 Å². The van der Waals surface area contributed by atoms with Crippen molar-refractivity contribution in [2.75, 3.05) is 6.54 Å². The molecule has 2 unspecified atom stereocenters. The Balaban J connectivity index is 0.00000176. The number of fused-ring (bicyclic) bond motifs is 1. The third kappa shape index (κ3) is 3.26. The van der Waals surface area contributed by atoms with Crippen LogP contribution in [0.15, 0.2) is 42.5 Å². The van der Waals surface area contributed by atoms with E-state index in [9.17, 15) is 4.79 Å². The van der Waals surface area contributed by atoms with Crippen molar-refractivity contribution in [3.8, 4) is 0 Å². The highest BCUT2D eigenvalue weighted by molar-refractivity contribution is 5.85. The summed E-state index contributed by atoms with van der Waals surface area (Å²) in [7, 11) is 0. The number of halogens is 1. The van der Waals surface area contributed by atoms with Crippen LogP contribution in [-0.4, -0.2) is 12.5 Å². The molecule has 2 aromatic rings. The van der Waals surface area contributed by atoms with Gasteiger partial charge in [0.25, 0.3) is 0 Å².